The second-order valence-corrected chi connectivity index (χ2v) is 4.02. The lowest BCUT2D eigenvalue weighted by Crippen LogP contribution is -2.45. The third-order valence-corrected chi connectivity index (χ3v) is 1.49. The lowest BCUT2D eigenvalue weighted by molar-refractivity contribution is 0.287. The molecule has 0 saturated heterocycles. The van der Waals surface area contributed by atoms with Crippen LogP contribution in [0.5, 0.6) is 0 Å². The van der Waals surface area contributed by atoms with Crippen molar-refractivity contribution in [1.82, 2.24) is 10.9 Å². The summed E-state index contributed by atoms with van der Waals surface area (Å²) in [7, 11) is 0. The zero-order valence-corrected chi connectivity index (χ0v) is 8.26. The van der Waals surface area contributed by atoms with Gasteiger partial charge in [0.05, 0.1) is 0 Å². The molecule has 0 amide bonds. The average Bonchev–Trinajstić information content (AvgIpc) is 2.50. The van der Waals surface area contributed by atoms with Gasteiger partial charge in [0.2, 0.25) is 5.88 Å². The molecule has 0 radical (unpaired) electrons. The number of rotatable bonds is 2. The Bertz CT molecular complexity index is 255. The SMILES string of the molecule is CC(C)(C)NNC(O)=C1C=CC=C1. The number of aliphatic hydroxyl groups excluding tert-OH is 1. The maximum absolute atomic E-state index is 9.52. The van der Waals surface area contributed by atoms with Crippen LogP contribution in [0.3, 0.4) is 0 Å². The van der Waals surface area contributed by atoms with Crippen LogP contribution < -0.4 is 10.9 Å². The predicted octanol–water partition coefficient (Wildman–Crippen LogP) is 1.77. The van der Waals surface area contributed by atoms with Gasteiger partial charge in [-0.2, -0.15) is 0 Å². The van der Waals surface area contributed by atoms with E-state index in [1.165, 1.54) is 0 Å². The summed E-state index contributed by atoms with van der Waals surface area (Å²) >= 11 is 0. The van der Waals surface area contributed by atoms with Crippen LogP contribution in [0.15, 0.2) is 35.8 Å². The first-order valence-corrected chi connectivity index (χ1v) is 4.30. The molecular weight excluding hydrogens is 164 g/mol. The number of hydrogen-bond donors (Lipinski definition) is 3. The van der Waals surface area contributed by atoms with E-state index in [1.54, 1.807) is 0 Å². The van der Waals surface area contributed by atoms with Crippen LogP contribution in [0.2, 0.25) is 0 Å². The van der Waals surface area contributed by atoms with Crippen molar-refractivity contribution in [2.45, 2.75) is 26.3 Å². The molecule has 0 heterocycles. The van der Waals surface area contributed by atoms with E-state index in [9.17, 15) is 5.11 Å². The number of hydrogen-bond acceptors (Lipinski definition) is 3. The number of hydrazine groups is 1. The quantitative estimate of drug-likeness (QED) is 0.448. The summed E-state index contributed by atoms with van der Waals surface area (Å²) in [5.74, 6) is 0.153. The van der Waals surface area contributed by atoms with E-state index in [4.69, 9.17) is 0 Å². The number of allylic oxidation sites excluding steroid dienone is 5. The Labute approximate surface area is 78.8 Å². The molecular formula is C10H16N2O. The summed E-state index contributed by atoms with van der Waals surface area (Å²) in [6.07, 6.45) is 7.44. The third kappa shape index (κ3) is 3.34. The van der Waals surface area contributed by atoms with Crippen molar-refractivity contribution in [3.05, 3.63) is 35.8 Å². The highest BCUT2D eigenvalue weighted by atomic mass is 16.3. The summed E-state index contributed by atoms with van der Waals surface area (Å²) in [5, 5.41) is 9.52. The molecule has 1 rings (SSSR count). The maximum Gasteiger partial charge on any atom is 0.206 e. The minimum Gasteiger partial charge on any atom is -0.493 e. The molecule has 3 nitrogen and oxygen atoms in total. The molecule has 0 unspecified atom stereocenters. The first kappa shape index (κ1) is 9.86. The van der Waals surface area contributed by atoms with E-state index < -0.39 is 0 Å². The summed E-state index contributed by atoms with van der Waals surface area (Å²) in [4.78, 5) is 0. The molecule has 0 aromatic rings. The molecule has 0 atom stereocenters. The van der Waals surface area contributed by atoms with E-state index in [0.717, 1.165) is 5.57 Å². The van der Waals surface area contributed by atoms with Gasteiger partial charge in [-0.1, -0.05) is 12.2 Å². The van der Waals surface area contributed by atoms with E-state index >= 15 is 0 Å². The smallest absolute Gasteiger partial charge is 0.206 e. The van der Waals surface area contributed by atoms with Crippen molar-refractivity contribution < 1.29 is 5.11 Å². The van der Waals surface area contributed by atoms with Crippen LogP contribution in [0.4, 0.5) is 0 Å². The van der Waals surface area contributed by atoms with Crippen molar-refractivity contribution in [3.8, 4) is 0 Å². The normalized spacial score (nSPS) is 15.2. The van der Waals surface area contributed by atoms with Crippen LogP contribution >= 0.6 is 0 Å². The van der Waals surface area contributed by atoms with Crippen LogP contribution in [-0.2, 0) is 0 Å². The van der Waals surface area contributed by atoms with Crippen LogP contribution in [0, 0.1) is 0 Å². The minimum absolute atomic E-state index is 0.0689. The Hall–Kier alpha value is -1.22. The fraction of sp³-hybridized carbons (Fsp3) is 0.400. The van der Waals surface area contributed by atoms with Crippen LogP contribution in [0.1, 0.15) is 20.8 Å². The predicted molar refractivity (Wildman–Crippen MR) is 54.0 cm³/mol. The molecule has 0 bridgehead atoms. The molecule has 3 heteroatoms. The zero-order chi connectivity index (χ0) is 9.90. The third-order valence-electron chi connectivity index (χ3n) is 1.49. The van der Waals surface area contributed by atoms with Gasteiger partial charge in [-0.3, -0.25) is 5.43 Å². The van der Waals surface area contributed by atoms with Crippen molar-refractivity contribution in [2.24, 2.45) is 0 Å². The Kier molecular flexibility index (Phi) is 2.78. The van der Waals surface area contributed by atoms with Gasteiger partial charge < -0.3 is 5.11 Å². The van der Waals surface area contributed by atoms with Crippen molar-refractivity contribution in [1.29, 1.82) is 0 Å². The molecule has 1 aliphatic rings. The highest BCUT2D eigenvalue weighted by molar-refractivity contribution is 5.41. The van der Waals surface area contributed by atoms with Gasteiger partial charge in [-0.25, -0.2) is 5.43 Å². The number of nitrogens with one attached hydrogen (secondary N) is 2. The van der Waals surface area contributed by atoms with Gasteiger partial charge in [0.15, 0.2) is 0 Å². The monoisotopic (exact) mass is 180 g/mol. The van der Waals surface area contributed by atoms with Crippen LogP contribution in [0.25, 0.3) is 0 Å². The van der Waals surface area contributed by atoms with Gasteiger partial charge in [0.25, 0.3) is 0 Å². The van der Waals surface area contributed by atoms with Gasteiger partial charge in [0.1, 0.15) is 0 Å². The summed E-state index contributed by atoms with van der Waals surface area (Å²) in [6.45, 7) is 6.04. The fourth-order valence-corrected chi connectivity index (χ4v) is 0.851. The molecule has 13 heavy (non-hydrogen) atoms. The molecule has 1 aliphatic carbocycles. The first-order valence-electron chi connectivity index (χ1n) is 4.30. The maximum atomic E-state index is 9.52. The summed E-state index contributed by atoms with van der Waals surface area (Å²) < 4.78 is 0. The van der Waals surface area contributed by atoms with Crippen LogP contribution in [-0.4, -0.2) is 10.6 Å². The second kappa shape index (κ2) is 3.66. The summed E-state index contributed by atoms with van der Waals surface area (Å²) in [5.41, 5.74) is 6.44. The fourth-order valence-electron chi connectivity index (χ4n) is 0.851. The van der Waals surface area contributed by atoms with Gasteiger partial charge >= 0.3 is 0 Å². The second-order valence-electron chi connectivity index (χ2n) is 4.02. The Balaban J connectivity index is 2.51. The average molecular weight is 180 g/mol. The topological polar surface area (TPSA) is 44.3 Å². The number of aliphatic hydroxyl groups is 1. The molecule has 0 fully saturated rings. The molecule has 3 N–H and O–H groups in total. The van der Waals surface area contributed by atoms with Gasteiger partial charge in [-0.15, -0.1) is 0 Å². The first-order chi connectivity index (χ1) is 5.99. The Morgan fingerprint density at radius 2 is 1.77 bits per heavy atom. The van der Waals surface area contributed by atoms with E-state index in [-0.39, 0.29) is 11.4 Å². The van der Waals surface area contributed by atoms with Crippen molar-refractivity contribution in [3.63, 3.8) is 0 Å². The minimum atomic E-state index is -0.0689. The Morgan fingerprint density at radius 3 is 2.23 bits per heavy atom. The lowest BCUT2D eigenvalue weighted by atomic mass is 10.1. The van der Waals surface area contributed by atoms with Crippen molar-refractivity contribution in [2.75, 3.05) is 0 Å². The van der Waals surface area contributed by atoms with Gasteiger partial charge in [0, 0.05) is 11.1 Å². The van der Waals surface area contributed by atoms with Gasteiger partial charge in [-0.05, 0) is 32.9 Å². The molecule has 0 saturated carbocycles. The molecule has 0 spiro atoms. The van der Waals surface area contributed by atoms with E-state index in [1.807, 2.05) is 45.1 Å². The molecule has 0 aromatic carbocycles. The largest absolute Gasteiger partial charge is 0.493 e. The summed E-state index contributed by atoms with van der Waals surface area (Å²) in [6, 6.07) is 0. The lowest BCUT2D eigenvalue weighted by Gasteiger charge is -2.21. The van der Waals surface area contributed by atoms with E-state index in [0.29, 0.717) is 0 Å². The molecule has 0 aliphatic heterocycles. The zero-order valence-electron chi connectivity index (χ0n) is 8.26. The molecule has 0 aromatic heterocycles. The van der Waals surface area contributed by atoms with Crippen molar-refractivity contribution >= 4 is 0 Å². The standard InChI is InChI=1S/C10H16N2O/c1-10(2,3)12-11-9(13)8-6-4-5-7-8/h4-7,11-13H,1-3H3. The molecule has 72 valence electrons. The van der Waals surface area contributed by atoms with E-state index in [2.05, 4.69) is 10.9 Å². The highest BCUT2D eigenvalue weighted by Gasteiger charge is 2.09. The Morgan fingerprint density at radius 1 is 1.23 bits per heavy atom. The highest BCUT2D eigenvalue weighted by Crippen LogP contribution is 2.09.